The first kappa shape index (κ1) is 32.3. The smallest absolute Gasteiger partial charge is 0.160 e. The zero-order valence-electron chi connectivity index (χ0n) is 30.3. The summed E-state index contributed by atoms with van der Waals surface area (Å²) >= 11 is 0. The molecule has 2 aliphatic carbocycles. The second-order valence-electron chi connectivity index (χ2n) is 14.8. The molecule has 10 rings (SSSR count). The summed E-state index contributed by atoms with van der Waals surface area (Å²) in [5, 5.41) is 0. The Balaban J connectivity index is 0.917. The molecule has 54 heavy (non-hydrogen) atoms. The van der Waals surface area contributed by atoms with Gasteiger partial charge in [0.2, 0.25) is 0 Å². The first-order chi connectivity index (χ1) is 26.7. The van der Waals surface area contributed by atoms with Crippen LogP contribution in [0.2, 0.25) is 0 Å². The third kappa shape index (κ3) is 5.67. The van der Waals surface area contributed by atoms with Gasteiger partial charge >= 0.3 is 0 Å². The highest BCUT2D eigenvalue weighted by Crippen LogP contribution is 2.58. The fraction of sp³-hybridized carbons (Fsp3) is 0.115. The van der Waals surface area contributed by atoms with Crippen LogP contribution in [0.1, 0.15) is 43.2 Å². The second-order valence-corrected chi connectivity index (χ2v) is 14.8. The Bertz CT molecular complexity index is 2520. The predicted octanol–water partition coefficient (Wildman–Crippen LogP) is 13.7. The topological polar surface area (TPSA) is 25.8 Å². The number of aromatic nitrogens is 2. The Morgan fingerprint density at radius 2 is 0.778 bits per heavy atom. The first-order valence-electron chi connectivity index (χ1n) is 19.3. The maximum Gasteiger partial charge on any atom is 0.160 e. The van der Waals surface area contributed by atoms with Gasteiger partial charge in [-0.15, -0.1) is 0 Å². The van der Waals surface area contributed by atoms with E-state index in [1.165, 1.54) is 76.6 Å². The van der Waals surface area contributed by atoms with Crippen molar-refractivity contribution in [2.75, 3.05) is 0 Å². The Morgan fingerprint density at radius 3 is 1.37 bits per heavy atom. The van der Waals surface area contributed by atoms with Gasteiger partial charge in [0.25, 0.3) is 0 Å². The van der Waals surface area contributed by atoms with Crippen LogP contribution in [0.3, 0.4) is 0 Å². The Morgan fingerprint density at radius 1 is 0.333 bits per heavy atom. The highest BCUT2D eigenvalue weighted by Gasteiger charge is 2.45. The quantitative estimate of drug-likeness (QED) is 0.173. The lowest BCUT2D eigenvalue weighted by Crippen LogP contribution is -2.28. The van der Waals surface area contributed by atoms with Crippen LogP contribution in [-0.4, -0.2) is 9.97 Å². The van der Waals surface area contributed by atoms with Crippen LogP contribution < -0.4 is 0 Å². The van der Waals surface area contributed by atoms with Crippen molar-refractivity contribution in [1.29, 1.82) is 0 Å². The molecule has 1 heterocycles. The van der Waals surface area contributed by atoms with Gasteiger partial charge in [0.15, 0.2) is 5.82 Å². The lowest BCUT2D eigenvalue weighted by Gasteiger charge is -2.37. The van der Waals surface area contributed by atoms with Crippen LogP contribution in [-0.2, 0) is 5.41 Å². The highest BCUT2D eigenvalue weighted by atomic mass is 14.9. The average molecular weight is 693 g/mol. The van der Waals surface area contributed by atoms with Gasteiger partial charge in [-0.1, -0.05) is 195 Å². The number of benzene rings is 7. The standard InChI is InChI=1S/C52H40N2/c1-4-13-41(14-5-1)48-35-49(54-51(53-48)43-15-6-2-7-16-43)42-31-27-39(28-32-42)37-23-21-36(22-24-37)38-25-29-40(30-26-38)44-18-12-19-46-45-17-8-9-20-47(45)52(50(44)46)33-10-3-11-34-52/h1-2,4-9,12-32,35H,3,10-11,33-34H2. The van der Waals surface area contributed by atoms with Crippen LogP contribution >= 0.6 is 0 Å². The van der Waals surface area contributed by atoms with E-state index in [4.69, 9.17) is 9.97 Å². The van der Waals surface area contributed by atoms with Crippen molar-refractivity contribution in [3.05, 3.63) is 193 Å². The minimum Gasteiger partial charge on any atom is -0.228 e. The summed E-state index contributed by atoms with van der Waals surface area (Å²) in [7, 11) is 0. The second kappa shape index (κ2) is 13.5. The lowest BCUT2D eigenvalue weighted by atomic mass is 9.66. The number of rotatable bonds is 6. The van der Waals surface area contributed by atoms with Crippen molar-refractivity contribution in [2.45, 2.75) is 37.5 Å². The van der Waals surface area contributed by atoms with Gasteiger partial charge < -0.3 is 0 Å². The lowest BCUT2D eigenvalue weighted by molar-refractivity contribution is 0.353. The van der Waals surface area contributed by atoms with Crippen molar-refractivity contribution in [3.63, 3.8) is 0 Å². The Labute approximate surface area is 317 Å². The molecule has 0 saturated heterocycles. The number of hydrogen-bond donors (Lipinski definition) is 0. The van der Waals surface area contributed by atoms with Crippen molar-refractivity contribution < 1.29 is 0 Å². The molecule has 2 heteroatoms. The van der Waals surface area contributed by atoms with Crippen molar-refractivity contribution in [2.24, 2.45) is 0 Å². The van der Waals surface area contributed by atoms with Gasteiger partial charge in [0, 0.05) is 22.1 Å². The highest BCUT2D eigenvalue weighted by molar-refractivity contribution is 5.89. The van der Waals surface area contributed by atoms with Crippen molar-refractivity contribution in [3.8, 4) is 78.4 Å². The van der Waals surface area contributed by atoms with E-state index in [0.717, 1.165) is 33.9 Å². The van der Waals surface area contributed by atoms with E-state index in [2.05, 4.69) is 158 Å². The largest absolute Gasteiger partial charge is 0.228 e. The molecule has 0 bridgehead atoms. The molecule has 0 radical (unpaired) electrons. The summed E-state index contributed by atoms with van der Waals surface area (Å²) in [6, 6.07) is 65.7. The van der Waals surface area contributed by atoms with E-state index in [9.17, 15) is 0 Å². The van der Waals surface area contributed by atoms with E-state index in [0.29, 0.717) is 0 Å². The molecule has 0 unspecified atom stereocenters. The Kier molecular flexibility index (Phi) is 8.10. The summed E-state index contributed by atoms with van der Waals surface area (Å²) in [6.07, 6.45) is 6.43. The van der Waals surface area contributed by atoms with E-state index in [1.54, 1.807) is 11.1 Å². The van der Waals surface area contributed by atoms with Gasteiger partial charge in [0.1, 0.15) is 0 Å². The minimum absolute atomic E-state index is 0.137. The molecule has 2 aliphatic rings. The molecule has 1 spiro atoms. The molecule has 0 aliphatic heterocycles. The summed E-state index contributed by atoms with van der Waals surface area (Å²) in [6.45, 7) is 0. The average Bonchev–Trinajstić information content (AvgIpc) is 3.53. The molecule has 1 aromatic heterocycles. The molecular formula is C52H40N2. The molecule has 7 aromatic carbocycles. The van der Waals surface area contributed by atoms with Gasteiger partial charge in [-0.2, -0.15) is 0 Å². The van der Waals surface area contributed by atoms with E-state index in [1.807, 2.05) is 24.3 Å². The van der Waals surface area contributed by atoms with E-state index < -0.39 is 0 Å². The molecule has 0 N–H and O–H groups in total. The van der Waals surface area contributed by atoms with Crippen LogP contribution in [0.4, 0.5) is 0 Å². The van der Waals surface area contributed by atoms with E-state index >= 15 is 0 Å². The summed E-state index contributed by atoms with van der Waals surface area (Å²) in [5.74, 6) is 0.728. The van der Waals surface area contributed by atoms with Crippen molar-refractivity contribution >= 4 is 0 Å². The Hall–Kier alpha value is -6.38. The van der Waals surface area contributed by atoms with E-state index in [-0.39, 0.29) is 5.41 Å². The zero-order chi connectivity index (χ0) is 35.9. The van der Waals surface area contributed by atoms with Gasteiger partial charge in [-0.3, -0.25) is 0 Å². The number of hydrogen-bond acceptors (Lipinski definition) is 2. The van der Waals surface area contributed by atoms with Crippen LogP contribution in [0.5, 0.6) is 0 Å². The normalized spacial score (nSPS) is 14.1. The molecular weight excluding hydrogens is 653 g/mol. The first-order valence-corrected chi connectivity index (χ1v) is 19.3. The zero-order valence-corrected chi connectivity index (χ0v) is 30.3. The molecule has 0 amide bonds. The SMILES string of the molecule is c1ccc(-c2cc(-c3ccc(-c4ccc(-c5ccc(-c6cccc7c6C6(CCCCC6)c6ccccc6-7)cc5)cc4)cc3)nc(-c3ccccc3)n2)cc1. The third-order valence-corrected chi connectivity index (χ3v) is 11.7. The van der Waals surface area contributed by atoms with Gasteiger partial charge in [-0.05, 0) is 74.5 Å². The fourth-order valence-electron chi connectivity index (χ4n) is 9.08. The fourth-order valence-corrected chi connectivity index (χ4v) is 9.08. The van der Waals surface area contributed by atoms with Crippen LogP contribution in [0.15, 0.2) is 182 Å². The van der Waals surface area contributed by atoms with Crippen LogP contribution in [0.25, 0.3) is 78.4 Å². The number of nitrogens with zero attached hydrogens (tertiary/aromatic N) is 2. The predicted molar refractivity (Wildman–Crippen MR) is 224 cm³/mol. The molecule has 8 aromatic rings. The number of fused-ring (bicyclic) bond motifs is 5. The monoisotopic (exact) mass is 692 g/mol. The maximum atomic E-state index is 5.01. The molecule has 2 nitrogen and oxygen atoms in total. The molecule has 1 fully saturated rings. The summed E-state index contributed by atoms with van der Waals surface area (Å²) in [5.41, 5.74) is 18.6. The molecule has 1 saturated carbocycles. The van der Waals surface area contributed by atoms with Gasteiger partial charge in [-0.25, -0.2) is 9.97 Å². The molecule has 258 valence electrons. The minimum atomic E-state index is 0.137. The summed E-state index contributed by atoms with van der Waals surface area (Å²) in [4.78, 5) is 9.96. The van der Waals surface area contributed by atoms with Crippen molar-refractivity contribution in [1.82, 2.24) is 9.97 Å². The maximum absolute atomic E-state index is 5.01. The van der Waals surface area contributed by atoms with Crippen LogP contribution in [0, 0.1) is 0 Å². The van der Waals surface area contributed by atoms with Gasteiger partial charge in [0.05, 0.1) is 11.4 Å². The third-order valence-electron chi connectivity index (χ3n) is 11.7. The molecule has 0 atom stereocenters. The summed E-state index contributed by atoms with van der Waals surface area (Å²) < 4.78 is 0.